The molecule has 2 rings (SSSR count). The second-order valence-corrected chi connectivity index (χ2v) is 17.4. The highest BCUT2D eigenvalue weighted by Gasteiger charge is 2.53. The van der Waals surface area contributed by atoms with Crippen molar-refractivity contribution in [3.63, 3.8) is 0 Å². The average molecular weight is 846 g/mol. The van der Waals surface area contributed by atoms with E-state index < -0.39 is 55.2 Å². The van der Waals surface area contributed by atoms with Crippen LogP contribution in [0.25, 0.3) is 0 Å². The van der Waals surface area contributed by atoms with Crippen molar-refractivity contribution < 1.29 is 39.2 Å². The maximum Gasteiger partial charge on any atom is 0.417 e. The third kappa shape index (κ3) is 21.5. The van der Waals surface area contributed by atoms with Crippen LogP contribution in [0.15, 0.2) is 30.3 Å². The number of carbonyl (C=O) groups excluding carboxylic acids is 3. The number of amides is 3. The summed E-state index contributed by atoms with van der Waals surface area (Å²) in [6, 6.07) is 6.27. The molecule has 60 heavy (non-hydrogen) atoms. The van der Waals surface area contributed by atoms with Crippen molar-refractivity contribution in [2.24, 2.45) is 5.73 Å². The number of hydrogen-bond acceptors (Lipinski definition) is 9. The van der Waals surface area contributed by atoms with Crippen LogP contribution in [0.4, 0.5) is 4.79 Å². The number of imide groups is 1. The predicted molar refractivity (Wildman–Crippen MR) is 241 cm³/mol. The van der Waals surface area contributed by atoms with Crippen molar-refractivity contribution in [1.29, 1.82) is 0 Å². The summed E-state index contributed by atoms with van der Waals surface area (Å²) < 4.78 is 11.8. The lowest BCUT2D eigenvalue weighted by Crippen LogP contribution is -2.71. The molecule has 11 nitrogen and oxygen atoms in total. The number of hydrogen-bond donors (Lipinski definition) is 4. The zero-order chi connectivity index (χ0) is 43.8. The summed E-state index contributed by atoms with van der Waals surface area (Å²) in [7, 11) is 0. The summed E-state index contributed by atoms with van der Waals surface area (Å²) in [5.74, 6) is -1.07. The van der Waals surface area contributed by atoms with Gasteiger partial charge in [-0.15, -0.1) is 0 Å². The van der Waals surface area contributed by atoms with Gasteiger partial charge in [0.1, 0.15) is 31.0 Å². The van der Waals surface area contributed by atoms with Crippen molar-refractivity contribution >= 4 is 17.9 Å². The Morgan fingerprint density at radius 3 is 1.53 bits per heavy atom. The summed E-state index contributed by atoms with van der Waals surface area (Å²) >= 11 is 0. The molecule has 1 aromatic rings. The largest absolute Gasteiger partial charge is 0.444 e. The zero-order valence-corrected chi connectivity index (χ0v) is 38.1. The summed E-state index contributed by atoms with van der Waals surface area (Å²) in [6.07, 6.45) is 25.1. The Kier molecular flexibility index (Phi) is 30.3. The van der Waals surface area contributed by atoms with Gasteiger partial charge in [0.15, 0.2) is 6.23 Å². The average Bonchev–Trinajstić information content (AvgIpc) is 3.25. The van der Waals surface area contributed by atoms with E-state index in [1.807, 2.05) is 6.07 Å². The van der Waals surface area contributed by atoms with Crippen LogP contribution in [-0.2, 0) is 25.7 Å². The molecule has 6 atom stereocenters. The number of carbonyl (C=O) groups is 3. The first-order chi connectivity index (χ1) is 29.2. The predicted octanol–water partition coefficient (Wildman–Crippen LogP) is 10.1. The fraction of sp³-hybridized carbons (Fsp3) is 0.816. The minimum Gasteiger partial charge on any atom is -0.444 e. The molecule has 3 amide bonds. The van der Waals surface area contributed by atoms with E-state index in [1.54, 1.807) is 24.3 Å². The SMILES string of the molecule is CCCCCCCCCCCCCCCCCC(=O)N(CCCCCCCCCCCCCC)[C@@H]1O[C@H](CO)[C@H](O)[C@H](O)[C@H]1N(C(=O)OCc1ccccc1)C(=O)[C@H](C)N. The van der Waals surface area contributed by atoms with Gasteiger partial charge >= 0.3 is 6.09 Å². The van der Waals surface area contributed by atoms with Gasteiger partial charge in [0.25, 0.3) is 0 Å². The van der Waals surface area contributed by atoms with Gasteiger partial charge in [-0.05, 0) is 25.3 Å². The second-order valence-electron chi connectivity index (χ2n) is 17.4. The highest BCUT2D eigenvalue weighted by atomic mass is 16.6. The molecule has 0 bridgehead atoms. The lowest BCUT2D eigenvalue weighted by atomic mass is 9.93. The Morgan fingerprint density at radius 1 is 0.667 bits per heavy atom. The molecule has 0 aliphatic carbocycles. The number of nitrogens with two attached hydrogens (primary N) is 1. The van der Waals surface area contributed by atoms with E-state index in [4.69, 9.17) is 15.2 Å². The molecule has 346 valence electrons. The molecule has 5 N–H and O–H groups in total. The number of aliphatic hydroxyl groups excluding tert-OH is 3. The fourth-order valence-electron chi connectivity index (χ4n) is 8.29. The molecule has 1 aliphatic rings. The third-order valence-electron chi connectivity index (χ3n) is 12.1. The van der Waals surface area contributed by atoms with Gasteiger partial charge in [-0.2, -0.15) is 0 Å². The number of aliphatic hydroxyl groups is 3. The standard InChI is InChI=1S/C49H87N3O8/c1-4-6-8-10-12-14-16-18-19-20-21-23-25-27-32-36-43(54)51(37-33-28-26-24-22-17-15-13-11-9-7-5-2)48-44(46(56)45(55)42(38-53)60-48)52(47(57)40(3)50)49(58)59-39-41-34-30-29-31-35-41/h29-31,34-35,40,42,44-46,48,53,55-56H,4-28,32-33,36-39,50H2,1-3H3/t40-,42+,44+,45-,46+,48+/m0/s1. The molecular weight excluding hydrogens is 759 g/mol. The quantitative estimate of drug-likeness (QED) is 0.0487. The molecule has 0 spiro atoms. The first-order valence-corrected chi connectivity index (χ1v) is 24.4. The first-order valence-electron chi connectivity index (χ1n) is 24.4. The van der Waals surface area contributed by atoms with Crippen molar-refractivity contribution in [2.45, 2.75) is 244 Å². The molecule has 1 fully saturated rings. The lowest BCUT2D eigenvalue weighted by molar-refractivity contribution is -0.244. The normalized spacial score (nSPS) is 19.6. The molecule has 0 saturated carbocycles. The van der Waals surface area contributed by atoms with Crippen LogP contribution in [-0.4, -0.2) is 92.8 Å². The minimum atomic E-state index is -1.75. The molecule has 1 heterocycles. The molecule has 1 saturated heterocycles. The maximum absolute atomic E-state index is 14.2. The molecule has 0 radical (unpaired) electrons. The highest BCUT2D eigenvalue weighted by Crippen LogP contribution is 2.30. The van der Waals surface area contributed by atoms with Crippen LogP contribution in [0.3, 0.4) is 0 Å². The number of nitrogens with zero attached hydrogens (tertiary/aromatic N) is 2. The maximum atomic E-state index is 14.2. The van der Waals surface area contributed by atoms with Crippen LogP contribution in [0.2, 0.25) is 0 Å². The van der Waals surface area contributed by atoms with Gasteiger partial charge in [0, 0.05) is 13.0 Å². The Bertz CT molecular complexity index is 1240. The minimum absolute atomic E-state index is 0.154. The van der Waals surface area contributed by atoms with Crippen molar-refractivity contribution in [3.8, 4) is 0 Å². The number of benzene rings is 1. The van der Waals surface area contributed by atoms with Gasteiger partial charge in [-0.25, -0.2) is 9.69 Å². The van der Waals surface area contributed by atoms with Crippen molar-refractivity contribution in [1.82, 2.24) is 9.80 Å². The summed E-state index contributed by atoms with van der Waals surface area (Å²) in [5, 5.41) is 32.9. The third-order valence-corrected chi connectivity index (χ3v) is 12.1. The van der Waals surface area contributed by atoms with Crippen molar-refractivity contribution in [3.05, 3.63) is 35.9 Å². The highest BCUT2D eigenvalue weighted by molar-refractivity contribution is 5.95. The van der Waals surface area contributed by atoms with Gasteiger partial charge < -0.3 is 35.4 Å². The smallest absolute Gasteiger partial charge is 0.417 e. The molecule has 0 unspecified atom stereocenters. The van der Waals surface area contributed by atoms with E-state index in [0.29, 0.717) is 18.4 Å². The van der Waals surface area contributed by atoms with E-state index in [9.17, 15) is 29.7 Å². The van der Waals surface area contributed by atoms with Gasteiger partial charge in [-0.3, -0.25) is 9.59 Å². The Labute approximate surface area is 364 Å². The summed E-state index contributed by atoms with van der Waals surface area (Å²) in [5.41, 5.74) is 6.74. The second kappa shape index (κ2) is 34.0. The summed E-state index contributed by atoms with van der Waals surface area (Å²) in [4.78, 5) is 44.0. The van der Waals surface area contributed by atoms with Crippen LogP contribution in [0.1, 0.15) is 206 Å². The van der Waals surface area contributed by atoms with Crippen molar-refractivity contribution in [2.75, 3.05) is 13.2 Å². The first kappa shape index (κ1) is 53.6. The van der Waals surface area contributed by atoms with Gasteiger partial charge in [0.05, 0.1) is 12.6 Å². The van der Waals surface area contributed by atoms with E-state index in [0.717, 1.165) is 43.4 Å². The van der Waals surface area contributed by atoms with Crippen LogP contribution in [0, 0.1) is 0 Å². The monoisotopic (exact) mass is 846 g/mol. The molecule has 0 aromatic heterocycles. The van der Waals surface area contributed by atoms with E-state index in [-0.39, 0.29) is 25.5 Å². The van der Waals surface area contributed by atoms with Crippen LogP contribution >= 0.6 is 0 Å². The van der Waals surface area contributed by atoms with E-state index in [2.05, 4.69) is 13.8 Å². The number of ether oxygens (including phenoxy) is 2. The Morgan fingerprint density at radius 2 is 1.10 bits per heavy atom. The topological polar surface area (TPSA) is 163 Å². The molecule has 11 heteroatoms. The Balaban J connectivity index is 2.11. The number of rotatable bonds is 35. The zero-order valence-electron chi connectivity index (χ0n) is 38.1. The number of unbranched alkanes of at least 4 members (excludes halogenated alkanes) is 25. The fourth-order valence-corrected chi connectivity index (χ4v) is 8.29. The molecule has 1 aliphatic heterocycles. The van der Waals surface area contributed by atoms with Crippen LogP contribution in [0.5, 0.6) is 0 Å². The van der Waals surface area contributed by atoms with Gasteiger partial charge in [0.2, 0.25) is 11.8 Å². The van der Waals surface area contributed by atoms with E-state index in [1.165, 1.54) is 134 Å². The van der Waals surface area contributed by atoms with E-state index >= 15 is 0 Å². The molecule has 1 aromatic carbocycles. The lowest BCUT2D eigenvalue weighted by Gasteiger charge is -2.49. The molecular formula is C49H87N3O8. The Hall–Kier alpha value is -2.57. The summed E-state index contributed by atoms with van der Waals surface area (Å²) in [6.45, 7) is 5.38. The van der Waals surface area contributed by atoms with Crippen LogP contribution < -0.4 is 5.73 Å². The van der Waals surface area contributed by atoms with Gasteiger partial charge in [-0.1, -0.05) is 205 Å².